The van der Waals surface area contributed by atoms with Crippen molar-refractivity contribution in [2.24, 2.45) is 0 Å². The summed E-state index contributed by atoms with van der Waals surface area (Å²) in [5.74, 6) is -0.221. The Morgan fingerprint density at radius 2 is 1.84 bits per heavy atom. The van der Waals surface area contributed by atoms with Crippen molar-refractivity contribution in [1.82, 2.24) is 9.78 Å². The molecule has 0 aliphatic carbocycles. The summed E-state index contributed by atoms with van der Waals surface area (Å²) in [6.07, 6.45) is 2.27. The van der Waals surface area contributed by atoms with Crippen LogP contribution in [0.5, 0.6) is 0 Å². The van der Waals surface area contributed by atoms with E-state index in [0.29, 0.717) is 34.2 Å². The Bertz CT molecular complexity index is 1170. The highest BCUT2D eigenvalue weighted by Crippen LogP contribution is 2.32. The number of amides is 1. The Labute approximate surface area is 190 Å². The van der Waals surface area contributed by atoms with Crippen molar-refractivity contribution in [3.63, 3.8) is 0 Å². The molecule has 32 heavy (non-hydrogen) atoms. The standard InChI is InChI=1S/C23H24ClN5O3/c1-15-22(29(31)32)16(2)28(26-15)14-17-5-7-18(8-6-17)23(30)25-20-13-19(24)9-10-21(20)27-11-3-4-12-27/h5-10,13H,3-4,11-12,14H2,1-2H3,(H,25,30). The predicted molar refractivity (Wildman–Crippen MR) is 125 cm³/mol. The Morgan fingerprint density at radius 3 is 2.47 bits per heavy atom. The van der Waals surface area contributed by atoms with Gasteiger partial charge in [0.25, 0.3) is 5.91 Å². The van der Waals surface area contributed by atoms with Gasteiger partial charge in [-0.1, -0.05) is 23.7 Å². The summed E-state index contributed by atoms with van der Waals surface area (Å²) in [5.41, 5.74) is 4.01. The van der Waals surface area contributed by atoms with Gasteiger partial charge in [-0.15, -0.1) is 0 Å². The van der Waals surface area contributed by atoms with E-state index in [-0.39, 0.29) is 11.6 Å². The number of hydrogen-bond donors (Lipinski definition) is 1. The zero-order valence-electron chi connectivity index (χ0n) is 18.0. The molecule has 2 aromatic carbocycles. The second kappa shape index (κ2) is 9.00. The van der Waals surface area contributed by atoms with Gasteiger partial charge in [0.1, 0.15) is 11.4 Å². The molecule has 1 N–H and O–H groups in total. The van der Waals surface area contributed by atoms with Gasteiger partial charge in [-0.2, -0.15) is 5.10 Å². The van der Waals surface area contributed by atoms with E-state index in [2.05, 4.69) is 15.3 Å². The third-order valence-corrected chi connectivity index (χ3v) is 5.96. The summed E-state index contributed by atoms with van der Waals surface area (Å²) in [6, 6.07) is 12.7. The molecule has 166 valence electrons. The Balaban J connectivity index is 1.49. The lowest BCUT2D eigenvalue weighted by Gasteiger charge is -2.22. The summed E-state index contributed by atoms with van der Waals surface area (Å²) in [5, 5.41) is 19.0. The lowest BCUT2D eigenvalue weighted by atomic mass is 10.1. The number of hydrogen-bond acceptors (Lipinski definition) is 5. The van der Waals surface area contributed by atoms with Crippen LogP contribution < -0.4 is 10.2 Å². The van der Waals surface area contributed by atoms with Crippen LogP contribution in [0.2, 0.25) is 5.02 Å². The molecule has 1 amide bonds. The van der Waals surface area contributed by atoms with Crippen LogP contribution in [0.1, 0.15) is 40.2 Å². The van der Waals surface area contributed by atoms with E-state index in [1.165, 1.54) is 0 Å². The number of aryl methyl sites for hydroxylation is 1. The lowest BCUT2D eigenvalue weighted by molar-refractivity contribution is -0.386. The topological polar surface area (TPSA) is 93.3 Å². The van der Waals surface area contributed by atoms with E-state index < -0.39 is 4.92 Å². The number of nitrogens with zero attached hydrogens (tertiary/aromatic N) is 4. The molecule has 4 rings (SSSR count). The molecule has 0 bridgehead atoms. The molecule has 1 aliphatic rings. The smallest absolute Gasteiger partial charge is 0.312 e. The summed E-state index contributed by atoms with van der Waals surface area (Å²) >= 11 is 6.18. The molecule has 1 aliphatic heterocycles. The average Bonchev–Trinajstić information content (AvgIpc) is 3.37. The van der Waals surface area contributed by atoms with Crippen molar-refractivity contribution in [3.05, 3.63) is 80.1 Å². The monoisotopic (exact) mass is 453 g/mol. The maximum Gasteiger partial charge on any atom is 0.312 e. The van der Waals surface area contributed by atoms with Gasteiger partial charge in [0.05, 0.1) is 22.8 Å². The molecular formula is C23H24ClN5O3. The summed E-state index contributed by atoms with van der Waals surface area (Å²) < 4.78 is 1.61. The van der Waals surface area contributed by atoms with Gasteiger partial charge in [-0.05, 0) is 62.6 Å². The number of nitro groups is 1. The second-order valence-corrected chi connectivity index (χ2v) is 8.38. The van der Waals surface area contributed by atoms with Gasteiger partial charge in [0.2, 0.25) is 0 Å². The Morgan fingerprint density at radius 1 is 1.16 bits per heavy atom. The van der Waals surface area contributed by atoms with Gasteiger partial charge in [0, 0.05) is 23.7 Å². The van der Waals surface area contributed by atoms with Crippen LogP contribution in [0.25, 0.3) is 0 Å². The molecule has 0 spiro atoms. The molecule has 0 unspecified atom stereocenters. The van der Waals surface area contributed by atoms with E-state index >= 15 is 0 Å². The van der Waals surface area contributed by atoms with Gasteiger partial charge in [0.15, 0.2) is 0 Å². The van der Waals surface area contributed by atoms with Crippen LogP contribution in [-0.4, -0.2) is 33.7 Å². The largest absolute Gasteiger partial charge is 0.370 e. The minimum atomic E-state index is -0.409. The van der Waals surface area contributed by atoms with Crippen molar-refractivity contribution in [2.45, 2.75) is 33.2 Å². The fourth-order valence-corrected chi connectivity index (χ4v) is 4.25. The first-order valence-electron chi connectivity index (χ1n) is 10.5. The maximum atomic E-state index is 12.9. The highest BCUT2D eigenvalue weighted by atomic mass is 35.5. The van der Waals surface area contributed by atoms with Gasteiger partial charge in [-0.25, -0.2) is 0 Å². The summed E-state index contributed by atoms with van der Waals surface area (Å²) in [6.45, 7) is 5.62. The molecule has 3 aromatic rings. The molecular weight excluding hydrogens is 430 g/mol. The predicted octanol–water partition coefficient (Wildman–Crippen LogP) is 4.96. The van der Waals surface area contributed by atoms with E-state index in [4.69, 9.17) is 11.6 Å². The molecule has 0 atom stereocenters. The molecule has 0 saturated carbocycles. The number of nitrogens with one attached hydrogen (secondary N) is 1. The van der Waals surface area contributed by atoms with Gasteiger partial charge in [-0.3, -0.25) is 19.6 Å². The molecule has 2 heterocycles. The fraction of sp³-hybridized carbons (Fsp3) is 0.304. The van der Waals surface area contributed by atoms with Crippen molar-refractivity contribution >= 4 is 34.6 Å². The van der Waals surface area contributed by atoms with Crippen LogP contribution in [0.15, 0.2) is 42.5 Å². The van der Waals surface area contributed by atoms with Crippen LogP contribution in [-0.2, 0) is 6.54 Å². The molecule has 0 radical (unpaired) electrons. The van der Waals surface area contributed by atoms with E-state index in [9.17, 15) is 14.9 Å². The zero-order valence-corrected chi connectivity index (χ0v) is 18.7. The van der Waals surface area contributed by atoms with Crippen LogP contribution in [0.3, 0.4) is 0 Å². The molecule has 9 heteroatoms. The first-order chi connectivity index (χ1) is 15.3. The maximum absolute atomic E-state index is 12.9. The highest BCUT2D eigenvalue weighted by Gasteiger charge is 2.22. The number of aromatic nitrogens is 2. The second-order valence-electron chi connectivity index (χ2n) is 7.94. The summed E-state index contributed by atoms with van der Waals surface area (Å²) in [4.78, 5) is 25.9. The molecule has 1 saturated heterocycles. The van der Waals surface area contributed by atoms with Gasteiger partial charge >= 0.3 is 5.69 Å². The third kappa shape index (κ3) is 4.45. The van der Waals surface area contributed by atoms with Crippen LogP contribution >= 0.6 is 11.6 Å². The molecule has 8 nitrogen and oxygen atoms in total. The number of benzene rings is 2. The normalized spacial score (nSPS) is 13.4. The number of anilines is 2. The minimum absolute atomic E-state index is 0.0383. The van der Waals surface area contributed by atoms with Crippen molar-refractivity contribution in [1.29, 1.82) is 0 Å². The van der Waals surface area contributed by atoms with E-state index in [1.54, 1.807) is 36.7 Å². The molecule has 1 fully saturated rings. The quantitative estimate of drug-likeness (QED) is 0.420. The van der Waals surface area contributed by atoms with E-state index in [0.717, 1.165) is 37.2 Å². The van der Waals surface area contributed by atoms with Crippen LogP contribution in [0.4, 0.5) is 17.1 Å². The van der Waals surface area contributed by atoms with Crippen molar-refractivity contribution in [3.8, 4) is 0 Å². The number of carbonyl (C=O) groups excluding carboxylic acids is 1. The average molecular weight is 454 g/mol. The van der Waals surface area contributed by atoms with Crippen molar-refractivity contribution < 1.29 is 9.72 Å². The summed E-state index contributed by atoms with van der Waals surface area (Å²) in [7, 11) is 0. The molecule has 1 aromatic heterocycles. The number of carbonyl (C=O) groups is 1. The fourth-order valence-electron chi connectivity index (χ4n) is 4.08. The lowest BCUT2D eigenvalue weighted by Crippen LogP contribution is -2.21. The first-order valence-corrected chi connectivity index (χ1v) is 10.8. The Hall–Kier alpha value is -3.39. The Kier molecular flexibility index (Phi) is 6.14. The SMILES string of the molecule is Cc1nn(Cc2ccc(C(=O)Nc3cc(Cl)ccc3N3CCCC3)cc2)c(C)c1[N+](=O)[O-]. The van der Waals surface area contributed by atoms with Crippen molar-refractivity contribution in [2.75, 3.05) is 23.3 Å². The minimum Gasteiger partial charge on any atom is -0.370 e. The number of halogens is 1. The number of rotatable bonds is 6. The van der Waals surface area contributed by atoms with Gasteiger partial charge < -0.3 is 10.2 Å². The third-order valence-electron chi connectivity index (χ3n) is 5.73. The zero-order chi connectivity index (χ0) is 22.8. The first kappa shape index (κ1) is 21.8. The van der Waals surface area contributed by atoms with E-state index in [1.807, 2.05) is 24.3 Å². The highest BCUT2D eigenvalue weighted by molar-refractivity contribution is 6.31. The van der Waals surface area contributed by atoms with Crippen LogP contribution in [0, 0.1) is 24.0 Å².